The van der Waals surface area contributed by atoms with E-state index in [4.69, 9.17) is 5.73 Å². The summed E-state index contributed by atoms with van der Waals surface area (Å²) in [6.45, 7) is 2.04. The molecule has 0 aliphatic heterocycles. The average molecular weight is 285 g/mol. The first-order valence-corrected chi connectivity index (χ1v) is 6.80. The van der Waals surface area contributed by atoms with E-state index >= 15 is 0 Å². The molecule has 2 aromatic rings. The molecule has 0 saturated carbocycles. The van der Waals surface area contributed by atoms with Gasteiger partial charge in [0.1, 0.15) is 17.5 Å². The lowest BCUT2D eigenvalue weighted by Gasteiger charge is -2.13. The molecule has 1 nitrogen and oxygen atoms in total. The van der Waals surface area contributed by atoms with E-state index in [1.165, 1.54) is 4.88 Å². The first kappa shape index (κ1) is 14.1. The number of hydrogen-bond acceptors (Lipinski definition) is 2. The Morgan fingerprint density at radius 3 is 2.21 bits per heavy atom. The fourth-order valence-electron chi connectivity index (χ4n) is 1.95. The predicted octanol–water partition coefficient (Wildman–Crippen LogP) is 3.97. The summed E-state index contributed by atoms with van der Waals surface area (Å²) in [6.07, 6.45) is 1.25. The molecule has 102 valence electrons. The summed E-state index contributed by atoms with van der Waals surface area (Å²) in [4.78, 5) is 2.16. The summed E-state index contributed by atoms with van der Waals surface area (Å²) >= 11 is 1.57. The van der Waals surface area contributed by atoms with Gasteiger partial charge >= 0.3 is 0 Å². The zero-order valence-corrected chi connectivity index (χ0v) is 11.2. The van der Waals surface area contributed by atoms with Crippen molar-refractivity contribution in [2.24, 2.45) is 5.73 Å². The monoisotopic (exact) mass is 285 g/mol. The zero-order valence-electron chi connectivity index (χ0n) is 10.4. The molecule has 0 amide bonds. The van der Waals surface area contributed by atoms with Crippen LogP contribution in [0.1, 0.15) is 28.3 Å². The normalized spacial score (nSPS) is 12.7. The third kappa shape index (κ3) is 3.16. The SMILES string of the molecule is CCc1ccc(CC(N)c2c(F)cc(F)cc2F)s1. The van der Waals surface area contributed by atoms with E-state index in [2.05, 4.69) is 0 Å². The number of benzene rings is 1. The lowest BCUT2D eigenvalue weighted by Crippen LogP contribution is -2.16. The van der Waals surface area contributed by atoms with E-state index in [9.17, 15) is 13.2 Å². The maximum Gasteiger partial charge on any atom is 0.133 e. The molecule has 2 rings (SSSR count). The lowest BCUT2D eigenvalue weighted by molar-refractivity contribution is 0.502. The summed E-state index contributed by atoms with van der Waals surface area (Å²) in [5.41, 5.74) is 5.58. The van der Waals surface area contributed by atoms with Crippen molar-refractivity contribution in [3.63, 3.8) is 0 Å². The van der Waals surface area contributed by atoms with E-state index in [1.54, 1.807) is 11.3 Å². The fourth-order valence-corrected chi connectivity index (χ4v) is 2.96. The second-order valence-corrected chi connectivity index (χ2v) is 5.57. The molecule has 0 radical (unpaired) electrons. The van der Waals surface area contributed by atoms with Gasteiger partial charge in [-0.1, -0.05) is 6.92 Å². The molecule has 1 unspecified atom stereocenters. The Hall–Kier alpha value is -1.33. The van der Waals surface area contributed by atoms with Gasteiger partial charge < -0.3 is 5.73 Å². The highest BCUT2D eigenvalue weighted by atomic mass is 32.1. The summed E-state index contributed by atoms with van der Waals surface area (Å²) in [5.74, 6) is -2.80. The smallest absolute Gasteiger partial charge is 0.133 e. The minimum Gasteiger partial charge on any atom is -0.323 e. The number of halogens is 3. The van der Waals surface area contributed by atoms with E-state index in [-0.39, 0.29) is 5.56 Å². The standard InChI is InChI=1S/C14H14F3NS/c1-2-9-3-4-10(19-9)7-13(18)14-11(16)5-8(15)6-12(14)17/h3-6,13H,2,7,18H2,1H3. The van der Waals surface area contributed by atoms with Crippen LogP contribution in [-0.4, -0.2) is 0 Å². The maximum absolute atomic E-state index is 13.6. The highest BCUT2D eigenvalue weighted by Gasteiger charge is 2.19. The second-order valence-electron chi connectivity index (χ2n) is 4.32. The molecular weight excluding hydrogens is 271 g/mol. The van der Waals surface area contributed by atoms with Crippen molar-refractivity contribution in [2.75, 3.05) is 0 Å². The van der Waals surface area contributed by atoms with Gasteiger partial charge in [-0.3, -0.25) is 0 Å². The quantitative estimate of drug-likeness (QED) is 0.903. The fraction of sp³-hybridized carbons (Fsp3) is 0.286. The largest absolute Gasteiger partial charge is 0.323 e. The highest BCUT2D eigenvalue weighted by Crippen LogP contribution is 2.26. The van der Waals surface area contributed by atoms with Crippen LogP contribution < -0.4 is 5.73 Å². The van der Waals surface area contributed by atoms with Gasteiger partial charge in [-0.25, -0.2) is 13.2 Å². The Kier molecular flexibility index (Phi) is 4.27. The van der Waals surface area contributed by atoms with Crippen molar-refractivity contribution >= 4 is 11.3 Å². The topological polar surface area (TPSA) is 26.0 Å². The van der Waals surface area contributed by atoms with Gasteiger partial charge in [0.05, 0.1) is 0 Å². The van der Waals surface area contributed by atoms with Crippen LogP contribution >= 0.6 is 11.3 Å². The van der Waals surface area contributed by atoms with Gasteiger partial charge in [0.25, 0.3) is 0 Å². The molecule has 0 saturated heterocycles. The van der Waals surface area contributed by atoms with Crippen LogP contribution in [0.4, 0.5) is 13.2 Å². The molecular formula is C14H14F3NS. The molecule has 1 atom stereocenters. The molecule has 0 aliphatic carbocycles. The average Bonchev–Trinajstić information content (AvgIpc) is 2.75. The van der Waals surface area contributed by atoms with Gasteiger partial charge in [-0.2, -0.15) is 0 Å². The molecule has 19 heavy (non-hydrogen) atoms. The van der Waals surface area contributed by atoms with Crippen molar-refractivity contribution in [3.05, 3.63) is 57.0 Å². The van der Waals surface area contributed by atoms with Crippen LogP contribution in [0.3, 0.4) is 0 Å². The van der Waals surface area contributed by atoms with Crippen LogP contribution in [0.5, 0.6) is 0 Å². The van der Waals surface area contributed by atoms with Crippen molar-refractivity contribution < 1.29 is 13.2 Å². The Bertz CT molecular complexity index is 557. The molecule has 1 heterocycles. The van der Waals surface area contributed by atoms with Crippen LogP contribution in [0.15, 0.2) is 24.3 Å². The Morgan fingerprint density at radius 1 is 1.11 bits per heavy atom. The molecule has 1 aromatic heterocycles. The van der Waals surface area contributed by atoms with E-state index in [0.717, 1.165) is 11.3 Å². The van der Waals surface area contributed by atoms with Crippen molar-refractivity contribution in [2.45, 2.75) is 25.8 Å². The van der Waals surface area contributed by atoms with Crippen LogP contribution in [-0.2, 0) is 12.8 Å². The zero-order chi connectivity index (χ0) is 14.0. The number of nitrogens with two attached hydrogens (primary N) is 1. The van der Waals surface area contributed by atoms with E-state index in [1.807, 2.05) is 19.1 Å². The Labute approximate surface area is 113 Å². The summed E-state index contributed by atoms with van der Waals surface area (Å²) < 4.78 is 40.0. The lowest BCUT2D eigenvalue weighted by atomic mass is 10.0. The van der Waals surface area contributed by atoms with Gasteiger partial charge in [-0.05, 0) is 18.6 Å². The molecule has 0 aliphatic rings. The van der Waals surface area contributed by atoms with Crippen LogP contribution in [0.25, 0.3) is 0 Å². The molecule has 0 bridgehead atoms. The first-order chi connectivity index (χ1) is 9.01. The van der Waals surface area contributed by atoms with Crippen LogP contribution in [0, 0.1) is 17.5 Å². The molecule has 2 N–H and O–H groups in total. The van der Waals surface area contributed by atoms with Gasteiger partial charge in [0.2, 0.25) is 0 Å². The van der Waals surface area contributed by atoms with Crippen LogP contribution in [0.2, 0.25) is 0 Å². The summed E-state index contributed by atoms with van der Waals surface area (Å²) in [5, 5.41) is 0. The summed E-state index contributed by atoms with van der Waals surface area (Å²) in [6, 6.07) is 4.38. The Balaban J connectivity index is 2.22. The molecule has 0 fully saturated rings. The van der Waals surface area contributed by atoms with Gasteiger partial charge in [-0.15, -0.1) is 11.3 Å². The highest BCUT2D eigenvalue weighted by molar-refractivity contribution is 7.11. The molecule has 5 heteroatoms. The van der Waals surface area contributed by atoms with E-state index in [0.29, 0.717) is 18.6 Å². The minimum atomic E-state index is -0.935. The molecule has 1 aromatic carbocycles. The van der Waals surface area contributed by atoms with Gasteiger partial charge in [0.15, 0.2) is 0 Å². The number of rotatable bonds is 4. The van der Waals surface area contributed by atoms with Crippen molar-refractivity contribution in [1.29, 1.82) is 0 Å². The maximum atomic E-state index is 13.6. The number of aryl methyl sites for hydroxylation is 1. The van der Waals surface area contributed by atoms with Gasteiger partial charge in [0, 0.05) is 39.9 Å². The predicted molar refractivity (Wildman–Crippen MR) is 70.6 cm³/mol. The molecule has 0 spiro atoms. The van der Waals surface area contributed by atoms with E-state index < -0.39 is 23.5 Å². The number of hydrogen-bond donors (Lipinski definition) is 1. The third-order valence-electron chi connectivity index (χ3n) is 2.90. The second kappa shape index (κ2) is 5.75. The third-order valence-corrected chi connectivity index (χ3v) is 4.15. The Morgan fingerprint density at radius 2 is 1.68 bits per heavy atom. The minimum absolute atomic E-state index is 0.257. The van der Waals surface area contributed by atoms with Crippen molar-refractivity contribution in [1.82, 2.24) is 0 Å². The summed E-state index contributed by atoms with van der Waals surface area (Å²) in [7, 11) is 0. The first-order valence-electron chi connectivity index (χ1n) is 5.99. The number of thiophene rings is 1. The van der Waals surface area contributed by atoms with Crippen molar-refractivity contribution in [3.8, 4) is 0 Å².